The molecule has 0 amide bonds. The molecule has 0 aromatic heterocycles. The van der Waals surface area contributed by atoms with Gasteiger partial charge in [0.25, 0.3) is 0 Å². The van der Waals surface area contributed by atoms with E-state index in [1.807, 2.05) is 0 Å². The van der Waals surface area contributed by atoms with E-state index in [1.54, 1.807) is 0 Å². The van der Waals surface area contributed by atoms with E-state index in [-0.39, 0.29) is 6.54 Å². The summed E-state index contributed by atoms with van der Waals surface area (Å²) in [7, 11) is 0. The zero-order valence-electron chi connectivity index (χ0n) is 8.13. The van der Waals surface area contributed by atoms with Crippen molar-refractivity contribution in [3.63, 3.8) is 0 Å². The Balaban J connectivity index is 2.65. The van der Waals surface area contributed by atoms with Crippen LogP contribution in [0.5, 0.6) is 0 Å². The average molecular weight is 232 g/mol. The highest BCUT2D eigenvalue weighted by atomic mass is 35.5. The van der Waals surface area contributed by atoms with Gasteiger partial charge in [-0.15, -0.1) is 0 Å². The molecule has 1 aromatic carbocycles. The van der Waals surface area contributed by atoms with Crippen molar-refractivity contribution in [3.05, 3.63) is 34.6 Å². The summed E-state index contributed by atoms with van der Waals surface area (Å²) >= 11 is 5.68. The lowest BCUT2D eigenvalue weighted by Crippen LogP contribution is -2.33. The topological polar surface area (TPSA) is 49.3 Å². The lowest BCUT2D eigenvalue weighted by molar-refractivity contribution is -0.139. The van der Waals surface area contributed by atoms with Crippen molar-refractivity contribution >= 4 is 17.6 Å². The fraction of sp³-hybridized carbons (Fsp3) is 0.300. The standard InChI is InChI=1S/C10H11ClFNO2/c1-6(10(14)15)13-5-7-4-8(11)2-3-9(7)12/h2-4,6,13H,5H2,1H3,(H,14,15). The molecule has 0 radical (unpaired) electrons. The summed E-state index contributed by atoms with van der Waals surface area (Å²) in [6, 6.07) is 3.45. The first-order valence-electron chi connectivity index (χ1n) is 4.41. The highest BCUT2D eigenvalue weighted by Crippen LogP contribution is 2.14. The molecule has 0 aliphatic carbocycles. The van der Waals surface area contributed by atoms with Crippen LogP contribution in [0.15, 0.2) is 18.2 Å². The Hall–Kier alpha value is -1.13. The molecule has 1 rings (SSSR count). The molecule has 0 aliphatic rings. The highest BCUT2D eigenvalue weighted by Gasteiger charge is 2.10. The van der Waals surface area contributed by atoms with Gasteiger partial charge in [-0.05, 0) is 25.1 Å². The second-order valence-corrected chi connectivity index (χ2v) is 3.61. The Bertz CT molecular complexity index is 370. The van der Waals surface area contributed by atoms with Crippen molar-refractivity contribution < 1.29 is 14.3 Å². The minimum absolute atomic E-state index is 0.139. The number of carbonyl (C=O) groups is 1. The molecule has 82 valence electrons. The number of nitrogens with one attached hydrogen (secondary N) is 1. The predicted molar refractivity (Wildman–Crippen MR) is 55.3 cm³/mol. The van der Waals surface area contributed by atoms with Crippen LogP contribution in [0, 0.1) is 5.82 Å². The summed E-state index contributed by atoms with van der Waals surface area (Å²) in [5.41, 5.74) is 0.357. The summed E-state index contributed by atoms with van der Waals surface area (Å²) in [6.07, 6.45) is 0. The fourth-order valence-electron chi connectivity index (χ4n) is 1.03. The van der Waals surface area contributed by atoms with Gasteiger partial charge in [-0.3, -0.25) is 4.79 Å². The van der Waals surface area contributed by atoms with Crippen molar-refractivity contribution in [1.82, 2.24) is 5.32 Å². The summed E-state index contributed by atoms with van der Waals surface area (Å²) in [6.45, 7) is 1.63. The lowest BCUT2D eigenvalue weighted by Gasteiger charge is -2.09. The van der Waals surface area contributed by atoms with Gasteiger partial charge >= 0.3 is 5.97 Å². The SMILES string of the molecule is CC(NCc1cc(Cl)ccc1F)C(=O)O. The Morgan fingerprint density at radius 3 is 2.93 bits per heavy atom. The van der Waals surface area contributed by atoms with E-state index in [1.165, 1.54) is 25.1 Å². The zero-order valence-corrected chi connectivity index (χ0v) is 8.88. The Morgan fingerprint density at radius 1 is 1.67 bits per heavy atom. The number of aliphatic carboxylic acids is 1. The van der Waals surface area contributed by atoms with E-state index in [4.69, 9.17) is 16.7 Å². The molecule has 0 fully saturated rings. The van der Waals surface area contributed by atoms with E-state index in [0.717, 1.165) is 0 Å². The van der Waals surface area contributed by atoms with Crippen LogP contribution in [0.3, 0.4) is 0 Å². The maximum atomic E-state index is 13.2. The molecule has 3 nitrogen and oxygen atoms in total. The third kappa shape index (κ3) is 3.49. The second-order valence-electron chi connectivity index (χ2n) is 3.18. The third-order valence-electron chi connectivity index (χ3n) is 1.98. The molecule has 1 atom stereocenters. The number of hydrogen-bond donors (Lipinski definition) is 2. The van der Waals surface area contributed by atoms with Crippen LogP contribution in [-0.2, 0) is 11.3 Å². The van der Waals surface area contributed by atoms with Crippen molar-refractivity contribution in [2.75, 3.05) is 0 Å². The highest BCUT2D eigenvalue weighted by molar-refractivity contribution is 6.30. The van der Waals surface area contributed by atoms with Crippen LogP contribution >= 0.6 is 11.6 Å². The Labute approximate surface area is 91.9 Å². The maximum absolute atomic E-state index is 13.2. The van der Waals surface area contributed by atoms with Gasteiger partial charge in [0.15, 0.2) is 0 Å². The number of benzene rings is 1. The first kappa shape index (κ1) is 11.9. The molecule has 1 unspecified atom stereocenters. The molecule has 5 heteroatoms. The summed E-state index contributed by atoms with van der Waals surface area (Å²) in [5.74, 6) is -1.37. The van der Waals surface area contributed by atoms with Crippen LogP contribution < -0.4 is 5.32 Å². The first-order valence-corrected chi connectivity index (χ1v) is 4.78. The molecular weight excluding hydrogens is 221 g/mol. The van der Waals surface area contributed by atoms with Gasteiger partial charge in [0.1, 0.15) is 11.9 Å². The normalized spacial score (nSPS) is 12.5. The van der Waals surface area contributed by atoms with E-state index in [9.17, 15) is 9.18 Å². The number of halogens is 2. The molecule has 0 spiro atoms. The molecule has 15 heavy (non-hydrogen) atoms. The van der Waals surface area contributed by atoms with E-state index >= 15 is 0 Å². The van der Waals surface area contributed by atoms with Gasteiger partial charge in [-0.1, -0.05) is 11.6 Å². The molecule has 2 N–H and O–H groups in total. The zero-order chi connectivity index (χ0) is 11.4. The maximum Gasteiger partial charge on any atom is 0.320 e. The van der Waals surface area contributed by atoms with E-state index in [2.05, 4.69) is 5.32 Å². The van der Waals surface area contributed by atoms with Gasteiger partial charge < -0.3 is 10.4 Å². The van der Waals surface area contributed by atoms with E-state index < -0.39 is 17.8 Å². The van der Waals surface area contributed by atoms with Gasteiger partial charge in [-0.2, -0.15) is 0 Å². The number of carboxylic acid groups (broad SMARTS) is 1. The monoisotopic (exact) mass is 231 g/mol. The number of rotatable bonds is 4. The van der Waals surface area contributed by atoms with Crippen molar-refractivity contribution in [3.8, 4) is 0 Å². The molecule has 0 aliphatic heterocycles. The Morgan fingerprint density at radius 2 is 2.33 bits per heavy atom. The van der Waals surface area contributed by atoms with Gasteiger partial charge in [0.2, 0.25) is 0 Å². The first-order chi connectivity index (χ1) is 7.00. The van der Waals surface area contributed by atoms with Crippen LogP contribution in [0.4, 0.5) is 4.39 Å². The summed E-state index contributed by atoms with van der Waals surface area (Å²) < 4.78 is 13.2. The lowest BCUT2D eigenvalue weighted by atomic mass is 10.2. The smallest absolute Gasteiger partial charge is 0.320 e. The van der Waals surface area contributed by atoms with Crippen LogP contribution in [0.1, 0.15) is 12.5 Å². The van der Waals surface area contributed by atoms with Crippen molar-refractivity contribution in [2.45, 2.75) is 19.5 Å². The third-order valence-corrected chi connectivity index (χ3v) is 2.21. The molecule has 0 saturated carbocycles. The summed E-state index contributed by atoms with van der Waals surface area (Å²) in [5, 5.41) is 11.7. The minimum Gasteiger partial charge on any atom is -0.480 e. The Kier molecular flexibility index (Phi) is 4.05. The molecular formula is C10H11ClFNO2. The molecule has 0 bridgehead atoms. The molecule has 0 saturated heterocycles. The minimum atomic E-state index is -0.975. The molecule has 1 aromatic rings. The number of hydrogen-bond acceptors (Lipinski definition) is 2. The van der Waals surface area contributed by atoms with Gasteiger partial charge in [0, 0.05) is 17.1 Å². The van der Waals surface area contributed by atoms with Crippen molar-refractivity contribution in [2.24, 2.45) is 0 Å². The van der Waals surface area contributed by atoms with Gasteiger partial charge in [0.05, 0.1) is 0 Å². The quantitative estimate of drug-likeness (QED) is 0.834. The fourth-order valence-corrected chi connectivity index (χ4v) is 1.22. The summed E-state index contributed by atoms with van der Waals surface area (Å²) in [4.78, 5) is 10.5. The molecule has 0 heterocycles. The predicted octanol–water partition coefficient (Wildman–Crippen LogP) is 2.04. The van der Waals surface area contributed by atoms with E-state index in [0.29, 0.717) is 10.6 Å². The van der Waals surface area contributed by atoms with Crippen LogP contribution in [-0.4, -0.2) is 17.1 Å². The average Bonchev–Trinajstić information content (AvgIpc) is 2.18. The van der Waals surface area contributed by atoms with Crippen LogP contribution in [0.25, 0.3) is 0 Å². The van der Waals surface area contributed by atoms with Gasteiger partial charge in [-0.25, -0.2) is 4.39 Å². The second kappa shape index (κ2) is 5.09. The van der Waals surface area contributed by atoms with Crippen molar-refractivity contribution in [1.29, 1.82) is 0 Å². The van der Waals surface area contributed by atoms with Crippen LogP contribution in [0.2, 0.25) is 5.02 Å². The number of carboxylic acids is 1. The largest absolute Gasteiger partial charge is 0.480 e.